The molecular formula is C20H30N4O3. The lowest BCUT2D eigenvalue weighted by Crippen LogP contribution is -2.31. The van der Waals surface area contributed by atoms with Gasteiger partial charge in [0.1, 0.15) is 5.69 Å². The molecule has 0 bridgehead atoms. The zero-order chi connectivity index (χ0) is 19.6. The van der Waals surface area contributed by atoms with Crippen molar-refractivity contribution in [1.82, 2.24) is 19.2 Å². The molecule has 7 heteroatoms. The number of aryl methyl sites for hydroxylation is 1. The van der Waals surface area contributed by atoms with E-state index in [-0.39, 0.29) is 18.1 Å². The molecule has 3 heterocycles. The number of amides is 1. The second-order valence-electron chi connectivity index (χ2n) is 7.23. The van der Waals surface area contributed by atoms with Crippen LogP contribution in [-0.4, -0.2) is 52.0 Å². The number of aromatic nitrogens is 3. The molecule has 0 N–H and O–H groups in total. The molecule has 0 fully saturated rings. The molecule has 0 radical (unpaired) electrons. The third-order valence-corrected chi connectivity index (χ3v) is 5.05. The number of nitrogens with zero attached hydrogens (tertiary/aromatic N) is 4. The van der Waals surface area contributed by atoms with Gasteiger partial charge in [-0.15, -0.1) is 0 Å². The molecule has 148 valence electrons. The van der Waals surface area contributed by atoms with Crippen LogP contribution in [0.1, 0.15) is 54.2 Å². The van der Waals surface area contributed by atoms with Crippen molar-refractivity contribution in [2.24, 2.45) is 0 Å². The first-order valence-electron chi connectivity index (χ1n) is 9.58. The van der Waals surface area contributed by atoms with E-state index < -0.39 is 0 Å². The maximum absolute atomic E-state index is 13.3. The average Bonchev–Trinajstić information content (AvgIpc) is 3.23. The van der Waals surface area contributed by atoms with Crippen molar-refractivity contribution in [1.29, 1.82) is 0 Å². The van der Waals surface area contributed by atoms with Gasteiger partial charge >= 0.3 is 0 Å². The minimum absolute atomic E-state index is 0.00889. The fourth-order valence-corrected chi connectivity index (χ4v) is 3.68. The summed E-state index contributed by atoms with van der Waals surface area (Å²) in [6.07, 6.45) is 4.79. The van der Waals surface area contributed by atoms with Crippen molar-refractivity contribution in [3.63, 3.8) is 0 Å². The van der Waals surface area contributed by atoms with Crippen molar-refractivity contribution in [2.45, 2.75) is 59.0 Å². The lowest BCUT2D eigenvalue weighted by molar-refractivity contribution is -0.00720. The lowest BCUT2D eigenvalue weighted by Gasteiger charge is -2.25. The van der Waals surface area contributed by atoms with Crippen LogP contribution in [0.3, 0.4) is 0 Å². The maximum atomic E-state index is 13.3. The van der Waals surface area contributed by atoms with Crippen molar-refractivity contribution in [2.75, 3.05) is 20.8 Å². The molecule has 1 amide bonds. The van der Waals surface area contributed by atoms with Crippen LogP contribution in [-0.2, 0) is 35.5 Å². The van der Waals surface area contributed by atoms with Crippen LogP contribution in [0, 0.1) is 0 Å². The highest BCUT2D eigenvalue weighted by molar-refractivity contribution is 5.94. The fraction of sp³-hybridized carbons (Fsp3) is 0.600. The van der Waals surface area contributed by atoms with E-state index >= 15 is 0 Å². The number of rotatable bonds is 7. The SMILES string of the molecule is CCn1ccc(CN(C)C(=O)c2c3c(nn2CCOC)[C@H](C)O[C@H](C)C3)c1. The molecule has 0 spiro atoms. The summed E-state index contributed by atoms with van der Waals surface area (Å²) in [6.45, 7) is 8.68. The monoisotopic (exact) mass is 374 g/mol. The van der Waals surface area contributed by atoms with Crippen LogP contribution in [0.15, 0.2) is 18.5 Å². The highest BCUT2D eigenvalue weighted by Crippen LogP contribution is 2.32. The van der Waals surface area contributed by atoms with E-state index in [1.54, 1.807) is 16.7 Å². The zero-order valence-electron chi connectivity index (χ0n) is 16.9. The molecule has 1 aliphatic rings. The maximum Gasteiger partial charge on any atom is 0.272 e. The summed E-state index contributed by atoms with van der Waals surface area (Å²) in [5.41, 5.74) is 3.68. The molecular weight excluding hydrogens is 344 g/mol. The molecule has 0 unspecified atom stereocenters. The van der Waals surface area contributed by atoms with Crippen LogP contribution < -0.4 is 0 Å². The van der Waals surface area contributed by atoms with Gasteiger partial charge < -0.3 is 18.9 Å². The summed E-state index contributed by atoms with van der Waals surface area (Å²) in [6, 6.07) is 2.06. The average molecular weight is 374 g/mol. The summed E-state index contributed by atoms with van der Waals surface area (Å²) in [7, 11) is 3.50. The number of carbonyl (C=O) groups excluding carboxylic acids is 1. The summed E-state index contributed by atoms with van der Waals surface area (Å²) >= 11 is 0. The molecule has 2 atom stereocenters. The quantitative estimate of drug-likeness (QED) is 0.747. The Morgan fingerprint density at radius 1 is 1.44 bits per heavy atom. The van der Waals surface area contributed by atoms with Crippen molar-refractivity contribution in [3.8, 4) is 0 Å². The Morgan fingerprint density at radius 2 is 2.22 bits per heavy atom. The fourth-order valence-electron chi connectivity index (χ4n) is 3.68. The van der Waals surface area contributed by atoms with E-state index in [0.29, 0.717) is 31.8 Å². The third-order valence-electron chi connectivity index (χ3n) is 5.05. The Labute approximate surface area is 160 Å². The van der Waals surface area contributed by atoms with E-state index in [2.05, 4.69) is 23.8 Å². The van der Waals surface area contributed by atoms with E-state index in [4.69, 9.17) is 14.6 Å². The minimum atomic E-state index is -0.108. The first kappa shape index (κ1) is 19.6. The Balaban J connectivity index is 1.89. The van der Waals surface area contributed by atoms with Gasteiger partial charge in [0.15, 0.2) is 0 Å². The summed E-state index contributed by atoms with van der Waals surface area (Å²) in [4.78, 5) is 15.1. The number of ether oxygens (including phenoxy) is 2. The largest absolute Gasteiger partial charge is 0.383 e. The number of hydrogen-bond donors (Lipinski definition) is 0. The Hall–Kier alpha value is -2.12. The molecule has 0 aliphatic carbocycles. The Morgan fingerprint density at radius 3 is 2.89 bits per heavy atom. The van der Waals surface area contributed by atoms with Crippen molar-refractivity contribution < 1.29 is 14.3 Å². The first-order chi connectivity index (χ1) is 12.9. The van der Waals surface area contributed by atoms with Gasteiger partial charge in [-0.25, -0.2) is 0 Å². The topological polar surface area (TPSA) is 61.5 Å². The third kappa shape index (κ3) is 4.09. The predicted molar refractivity (Wildman–Crippen MR) is 103 cm³/mol. The Kier molecular flexibility index (Phi) is 6.01. The lowest BCUT2D eigenvalue weighted by atomic mass is 9.99. The van der Waals surface area contributed by atoms with Gasteiger partial charge in [0.2, 0.25) is 0 Å². The minimum Gasteiger partial charge on any atom is -0.383 e. The van der Waals surface area contributed by atoms with E-state index in [0.717, 1.165) is 23.4 Å². The first-order valence-corrected chi connectivity index (χ1v) is 9.58. The summed E-state index contributed by atoms with van der Waals surface area (Å²) < 4.78 is 15.0. The van der Waals surface area contributed by atoms with E-state index in [9.17, 15) is 4.79 Å². The number of methoxy groups -OCH3 is 1. The second-order valence-corrected chi connectivity index (χ2v) is 7.23. The normalized spacial score (nSPS) is 19.1. The zero-order valence-corrected chi connectivity index (χ0v) is 16.9. The van der Waals surface area contributed by atoms with Crippen molar-refractivity contribution >= 4 is 5.91 Å². The molecule has 2 aromatic heterocycles. The van der Waals surface area contributed by atoms with E-state index in [1.807, 2.05) is 27.1 Å². The van der Waals surface area contributed by atoms with Crippen LogP contribution in [0.25, 0.3) is 0 Å². The molecule has 0 saturated carbocycles. The van der Waals surface area contributed by atoms with Crippen LogP contribution >= 0.6 is 0 Å². The predicted octanol–water partition coefficient (Wildman–Crippen LogP) is 2.65. The van der Waals surface area contributed by atoms with Gasteiger partial charge in [-0.1, -0.05) is 0 Å². The number of fused-ring (bicyclic) bond motifs is 1. The second kappa shape index (κ2) is 8.27. The van der Waals surface area contributed by atoms with Crippen LogP contribution in [0.2, 0.25) is 0 Å². The smallest absolute Gasteiger partial charge is 0.272 e. The Bertz CT molecular complexity index is 795. The molecule has 2 aromatic rings. The van der Waals surface area contributed by atoms with Crippen molar-refractivity contribution in [3.05, 3.63) is 41.0 Å². The molecule has 1 aliphatic heterocycles. The van der Waals surface area contributed by atoms with Gasteiger partial charge in [0.25, 0.3) is 5.91 Å². The highest BCUT2D eigenvalue weighted by Gasteiger charge is 2.33. The molecule has 27 heavy (non-hydrogen) atoms. The summed E-state index contributed by atoms with van der Waals surface area (Å²) in [5, 5.41) is 4.69. The van der Waals surface area contributed by atoms with Gasteiger partial charge in [-0.2, -0.15) is 5.10 Å². The summed E-state index contributed by atoms with van der Waals surface area (Å²) in [5.74, 6) is -0.00889. The molecule has 0 saturated heterocycles. The van der Waals surface area contributed by atoms with Gasteiger partial charge in [0.05, 0.1) is 31.1 Å². The number of hydrogen-bond acceptors (Lipinski definition) is 4. The van der Waals surface area contributed by atoms with Crippen LogP contribution in [0.5, 0.6) is 0 Å². The standard InChI is InChI=1S/C20H30N4O3/c1-6-23-8-7-16(13-23)12-22(4)20(25)19-17-11-14(2)27-15(3)18(17)21-24(19)9-10-26-5/h7-8,13-15H,6,9-12H2,1-5H3/t14-,15+/m1/s1. The van der Waals surface area contributed by atoms with Gasteiger partial charge in [-0.05, 0) is 32.4 Å². The van der Waals surface area contributed by atoms with Gasteiger partial charge in [-0.3, -0.25) is 9.48 Å². The van der Waals surface area contributed by atoms with Gasteiger partial charge in [0, 0.05) is 51.6 Å². The molecule has 3 rings (SSSR count). The molecule has 0 aromatic carbocycles. The highest BCUT2D eigenvalue weighted by atomic mass is 16.5. The molecule has 7 nitrogen and oxygen atoms in total. The number of carbonyl (C=O) groups is 1. The van der Waals surface area contributed by atoms with Crippen LogP contribution in [0.4, 0.5) is 0 Å². The van der Waals surface area contributed by atoms with E-state index in [1.165, 1.54) is 0 Å².